The Kier molecular flexibility index (Phi) is 3.83. The number of nitrogens with one attached hydrogen (secondary N) is 1. The van der Waals surface area contributed by atoms with Crippen molar-refractivity contribution in [1.29, 1.82) is 0 Å². The van der Waals surface area contributed by atoms with E-state index in [2.05, 4.69) is 24.1 Å². The number of rotatable bonds is 2. The molecule has 18 heavy (non-hydrogen) atoms. The normalized spacial score (nSPS) is 21.9. The first kappa shape index (κ1) is 13.6. The summed E-state index contributed by atoms with van der Waals surface area (Å²) in [6.45, 7) is 4.44. The van der Waals surface area contributed by atoms with Gasteiger partial charge in [0.05, 0.1) is 5.56 Å². The largest absolute Gasteiger partial charge is 0.349 e. The molecular formula is C13H16Cl2N2O. The molecule has 1 unspecified atom stereocenters. The average Bonchev–Trinajstić information content (AvgIpc) is 2.57. The van der Waals surface area contributed by atoms with Crippen LogP contribution in [0.5, 0.6) is 0 Å². The molecule has 0 spiro atoms. The molecule has 1 N–H and O–H groups in total. The Hall–Kier alpha value is -0.800. The fourth-order valence-corrected chi connectivity index (χ4v) is 2.83. The number of hydrogen-bond donors (Lipinski definition) is 1. The molecule has 1 aliphatic carbocycles. The number of pyridine rings is 1. The Bertz CT molecular complexity index is 474. The van der Waals surface area contributed by atoms with Gasteiger partial charge in [-0.3, -0.25) is 4.79 Å². The molecule has 0 radical (unpaired) electrons. The maximum atomic E-state index is 12.1. The standard InChI is InChI=1S/C13H16Cl2N2O/c1-13(2)6-5-8(7-13)16-12(18)9-3-4-10(14)17-11(9)15/h3-4,8H,5-7H2,1-2H3,(H,16,18). The second-order valence-corrected chi connectivity index (χ2v) is 6.30. The van der Waals surface area contributed by atoms with Crippen LogP contribution in [0.15, 0.2) is 12.1 Å². The molecule has 98 valence electrons. The Morgan fingerprint density at radius 1 is 1.44 bits per heavy atom. The second kappa shape index (κ2) is 5.06. The number of amides is 1. The van der Waals surface area contributed by atoms with Crippen molar-refractivity contribution in [2.24, 2.45) is 5.41 Å². The SMILES string of the molecule is CC1(C)CCC(NC(=O)c2ccc(Cl)nc2Cl)C1. The number of carbonyl (C=O) groups excluding carboxylic acids is 1. The summed E-state index contributed by atoms with van der Waals surface area (Å²) in [5.41, 5.74) is 0.686. The minimum Gasteiger partial charge on any atom is -0.349 e. The molecule has 1 aromatic rings. The van der Waals surface area contributed by atoms with Crippen molar-refractivity contribution in [2.75, 3.05) is 0 Å². The molecule has 1 heterocycles. The Labute approximate surface area is 117 Å². The van der Waals surface area contributed by atoms with Gasteiger partial charge >= 0.3 is 0 Å². The third-order valence-electron chi connectivity index (χ3n) is 3.36. The van der Waals surface area contributed by atoms with Crippen LogP contribution in [0, 0.1) is 5.41 Å². The van der Waals surface area contributed by atoms with E-state index in [0.717, 1.165) is 19.3 Å². The Balaban J connectivity index is 2.04. The average molecular weight is 287 g/mol. The lowest BCUT2D eigenvalue weighted by Crippen LogP contribution is -2.33. The van der Waals surface area contributed by atoms with Gasteiger partial charge in [0, 0.05) is 6.04 Å². The van der Waals surface area contributed by atoms with Crippen molar-refractivity contribution >= 4 is 29.1 Å². The lowest BCUT2D eigenvalue weighted by atomic mass is 9.92. The van der Waals surface area contributed by atoms with E-state index in [9.17, 15) is 4.79 Å². The van der Waals surface area contributed by atoms with Crippen LogP contribution < -0.4 is 5.32 Å². The Morgan fingerprint density at radius 2 is 2.17 bits per heavy atom. The van der Waals surface area contributed by atoms with Crippen LogP contribution >= 0.6 is 23.2 Å². The molecule has 1 saturated carbocycles. The third kappa shape index (κ3) is 3.15. The Morgan fingerprint density at radius 3 is 2.72 bits per heavy atom. The van der Waals surface area contributed by atoms with Gasteiger partial charge in [0.15, 0.2) is 0 Å². The number of halogens is 2. The molecule has 1 aliphatic rings. The van der Waals surface area contributed by atoms with Gasteiger partial charge < -0.3 is 5.32 Å². The maximum Gasteiger partial charge on any atom is 0.254 e. The van der Waals surface area contributed by atoms with E-state index in [1.807, 2.05) is 0 Å². The predicted octanol–water partition coefficient (Wildman–Crippen LogP) is 3.70. The van der Waals surface area contributed by atoms with Crippen molar-refractivity contribution in [3.63, 3.8) is 0 Å². The van der Waals surface area contributed by atoms with E-state index in [1.165, 1.54) is 0 Å². The summed E-state index contributed by atoms with van der Waals surface area (Å²) in [4.78, 5) is 15.9. The molecule has 0 aromatic carbocycles. The van der Waals surface area contributed by atoms with Gasteiger partial charge in [0.2, 0.25) is 0 Å². The highest BCUT2D eigenvalue weighted by Crippen LogP contribution is 2.37. The van der Waals surface area contributed by atoms with Crippen molar-refractivity contribution in [3.05, 3.63) is 28.0 Å². The number of carbonyl (C=O) groups is 1. The predicted molar refractivity (Wildman–Crippen MR) is 73.1 cm³/mol. The molecule has 0 aliphatic heterocycles. The summed E-state index contributed by atoms with van der Waals surface area (Å²) < 4.78 is 0. The van der Waals surface area contributed by atoms with Crippen molar-refractivity contribution in [3.8, 4) is 0 Å². The smallest absolute Gasteiger partial charge is 0.254 e. The van der Waals surface area contributed by atoms with Crippen LogP contribution in [0.4, 0.5) is 0 Å². The molecule has 1 amide bonds. The van der Waals surface area contributed by atoms with Gasteiger partial charge in [-0.05, 0) is 36.8 Å². The minimum atomic E-state index is -0.174. The summed E-state index contributed by atoms with van der Waals surface area (Å²) in [7, 11) is 0. The molecule has 1 aromatic heterocycles. The third-order valence-corrected chi connectivity index (χ3v) is 3.86. The molecule has 2 rings (SSSR count). The zero-order valence-electron chi connectivity index (χ0n) is 10.5. The highest BCUT2D eigenvalue weighted by molar-refractivity contribution is 6.34. The fraction of sp³-hybridized carbons (Fsp3) is 0.538. The van der Waals surface area contributed by atoms with Gasteiger partial charge in [-0.15, -0.1) is 0 Å². The lowest BCUT2D eigenvalue weighted by Gasteiger charge is -2.18. The minimum absolute atomic E-state index is 0.150. The van der Waals surface area contributed by atoms with E-state index in [-0.39, 0.29) is 17.1 Å². The highest BCUT2D eigenvalue weighted by atomic mass is 35.5. The van der Waals surface area contributed by atoms with Gasteiger partial charge in [0.25, 0.3) is 5.91 Å². The van der Waals surface area contributed by atoms with Crippen LogP contribution in [-0.2, 0) is 0 Å². The van der Waals surface area contributed by atoms with Crippen LogP contribution in [0.2, 0.25) is 10.3 Å². The summed E-state index contributed by atoms with van der Waals surface area (Å²) >= 11 is 11.6. The van der Waals surface area contributed by atoms with E-state index in [0.29, 0.717) is 16.1 Å². The second-order valence-electron chi connectivity index (χ2n) is 5.55. The fourth-order valence-electron chi connectivity index (χ4n) is 2.40. The molecule has 0 bridgehead atoms. The highest BCUT2D eigenvalue weighted by Gasteiger charge is 2.32. The zero-order chi connectivity index (χ0) is 13.3. The van der Waals surface area contributed by atoms with Gasteiger partial charge in [-0.2, -0.15) is 0 Å². The molecule has 3 nitrogen and oxygen atoms in total. The quantitative estimate of drug-likeness (QED) is 0.843. The van der Waals surface area contributed by atoms with E-state index in [4.69, 9.17) is 23.2 Å². The molecule has 0 saturated heterocycles. The van der Waals surface area contributed by atoms with Crippen molar-refractivity contribution in [2.45, 2.75) is 39.2 Å². The number of hydrogen-bond acceptors (Lipinski definition) is 2. The lowest BCUT2D eigenvalue weighted by molar-refractivity contribution is 0.0936. The zero-order valence-corrected chi connectivity index (χ0v) is 12.0. The van der Waals surface area contributed by atoms with Crippen LogP contribution in [0.3, 0.4) is 0 Å². The molecule has 1 atom stereocenters. The van der Waals surface area contributed by atoms with Crippen LogP contribution in [0.25, 0.3) is 0 Å². The number of nitrogens with zero attached hydrogens (tertiary/aromatic N) is 1. The summed E-state index contributed by atoms with van der Waals surface area (Å²) in [6.07, 6.45) is 3.14. The number of aromatic nitrogens is 1. The van der Waals surface area contributed by atoms with Crippen molar-refractivity contribution in [1.82, 2.24) is 10.3 Å². The topological polar surface area (TPSA) is 42.0 Å². The first-order valence-corrected chi connectivity index (χ1v) is 6.76. The van der Waals surface area contributed by atoms with E-state index < -0.39 is 0 Å². The van der Waals surface area contributed by atoms with Crippen LogP contribution in [-0.4, -0.2) is 16.9 Å². The maximum absolute atomic E-state index is 12.1. The van der Waals surface area contributed by atoms with E-state index >= 15 is 0 Å². The van der Waals surface area contributed by atoms with Gasteiger partial charge in [-0.25, -0.2) is 4.98 Å². The first-order chi connectivity index (χ1) is 8.37. The monoisotopic (exact) mass is 286 g/mol. The molecule has 1 fully saturated rings. The first-order valence-electron chi connectivity index (χ1n) is 6.00. The summed E-state index contributed by atoms with van der Waals surface area (Å²) in [6, 6.07) is 3.40. The van der Waals surface area contributed by atoms with Gasteiger partial charge in [0.1, 0.15) is 10.3 Å². The van der Waals surface area contributed by atoms with E-state index in [1.54, 1.807) is 12.1 Å². The van der Waals surface area contributed by atoms with Gasteiger partial charge in [-0.1, -0.05) is 37.0 Å². The summed E-state index contributed by atoms with van der Waals surface area (Å²) in [5.74, 6) is -0.174. The van der Waals surface area contributed by atoms with Crippen LogP contribution in [0.1, 0.15) is 43.5 Å². The summed E-state index contributed by atoms with van der Waals surface area (Å²) in [5, 5.41) is 3.45. The molecular weight excluding hydrogens is 271 g/mol. The molecule has 5 heteroatoms. The van der Waals surface area contributed by atoms with Crippen molar-refractivity contribution < 1.29 is 4.79 Å².